The first-order chi connectivity index (χ1) is 15.9. The molecule has 2 aliphatic heterocycles. The fourth-order valence-corrected chi connectivity index (χ4v) is 4.54. The number of hydrogen-bond acceptors (Lipinski definition) is 5. The number of rotatable bonds is 4. The molecule has 3 aromatic rings. The predicted molar refractivity (Wildman–Crippen MR) is 124 cm³/mol. The lowest BCUT2D eigenvalue weighted by Crippen LogP contribution is -2.37. The van der Waals surface area contributed by atoms with Crippen molar-refractivity contribution in [2.75, 3.05) is 15.3 Å². The van der Waals surface area contributed by atoms with Gasteiger partial charge in [0.1, 0.15) is 5.92 Å². The molecule has 166 valence electrons. The van der Waals surface area contributed by atoms with Gasteiger partial charge in [-0.3, -0.25) is 19.2 Å². The summed E-state index contributed by atoms with van der Waals surface area (Å²) in [6.07, 6.45) is -0.918. The number of carbonyl (C=O) groups excluding carboxylic acids is 3. The second-order valence-corrected chi connectivity index (χ2v) is 8.31. The van der Waals surface area contributed by atoms with Crippen molar-refractivity contribution in [3.63, 3.8) is 0 Å². The number of fused-ring (bicyclic) bond motifs is 1. The third kappa shape index (κ3) is 3.66. The number of carbonyl (C=O) groups is 3. The van der Waals surface area contributed by atoms with Crippen molar-refractivity contribution in [1.82, 2.24) is 0 Å². The smallest absolute Gasteiger partial charge is 0.266 e. The molecule has 33 heavy (non-hydrogen) atoms. The number of nitrogens with one attached hydrogen (secondary N) is 1. The molecule has 0 bridgehead atoms. The van der Waals surface area contributed by atoms with Crippen LogP contribution in [-0.2, 0) is 19.2 Å². The first-order valence-corrected chi connectivity index (χ1v) is 10.8. The van der Waals surface area contributed by atoms with Crippen LogP contribution >= 0.6 is 0 Å². The van der Waals surface area contributed by atoms with Gasteiger partial charge in [-0.2, -0.15) is 0 Å². The number of aryl methyl sites for hydroxylation is 1. The monoisotopic (exact) mass is 441 g/mol. The Morgan fingerprint density at radius 2 is 1.58 bits per heavy atom. The molecule has 7 heteroatoms. The van der Waals surface area contributed by atoms with Gasteiger partial charge in [-0.25, -0.2) is 9.96 Å². The molecule has 2 saturated heterocycles. The Balaban J connectivity index is 1.55. The van der Waals surface area contributed by atoms with Gasteiger partial charge in [-0.15, -0.1) is 0 Å². The average molecular weight is 441 g/mol. The first-order valence-electron chi connectivity index (χ1n) is 10.8. The van der Waals surface area contributed by atoms with Crippen LogP contribution in [0.15, 0.2) is 78.9 Å². The lowest BCUT2D eigenvalue weighted by Gasteiger charge is -2.29. The maximum absolute atomic E-state index is 13.6. The molecule has 0 spiro atoms. The summed E-state index contributed by atoms with van der Waals surface area (Å²) in [7, 11) is 0. The van der Waals surface area contributed by atoms with Gasteiger partial charge in [-0.1, -0.05) is 42.5 Å². The summed E-state index contributed by atoms with van der Waals surface area (Å²) in [6.45, 7) is 3.37. The highest BCUT2D eigenvalue weighted by Crippen LogP contribution is 2.47. The normalized spacial score (nSPS) is 21.9. The SMILES string of the molecule is CC(=O)Nc1ccc([C@H]2[C@H]3C(=O)N(c4cccc(C)c4)C(=O)[C@@H]3ON2c2ccccc2)cc1. The Hall–Kier alpha value is -3.97. The van der Waals surface area contributed by atoms with E-state index >= 15 is 0 Å². The number of imide groups is 1. The van der Waals surface area contributed by atoms with E-state index in [1.54, 1.807) is 23.3 Å². The molecular weight excluding hydrogens is 418 g/mol. The largest absolute Gasteiger partial charge is 0.326 e. The fraction of sp³-hybridized carbons (Fsp3) is 0.192. The van der Waals surface area contributed by atoms with Gasteiger partial charge in [-0.05, 0) is 54.4 Å². The van der Waals surface area contributed by atoms with Crippen LogP contribution in [0.4, 0.5) is 17.1 Å². The topological polar surface area (TPSA) is 79.0 Å². The van der Waals surface area contributed by atoms with Crippen molar-refractivity contribution in [3.05, 3.63) is 90.0 Å². The summed E-state index contributed by atoms with van der Waals surface area (Å²) < 4.78 is 0. The summed E-state index contributed by atoms with van der Waals surface area (Å²) in [5, 5.41) is 4.41. The van der Waals surface area contributed by atoms with Crippen LogP contribution in [0.25, 0.3) is 0 Å². The summed E-state index contributed by atoms with van der Waals surface area (Å²) in [5.41, 5.74) is 3.73. The highest BCUT2D eigenvalue weighted by atomic mass is 16.7. The molecule has 0 unspecified atom stereocenters. The number of hydroxylamine groups is 1. The Morgan fingerprint density at radius 1 is 0.879 bits per heavy atom. The molecule has 0 saturated carbocycles. The molecule has 3 amide bonds. The molecule has 7 nitrogen and oxygen atoms in total. The van der Waals surface area contributed by atoms with Crippen molar-refractivity contribution in [3.8, 4) is 0 Å². The second kappa shape index (κ2) is 8.18. The van der Waals surface area contributed by atoms with Crippen LogP contribution < -0.4 is 15.3 Å². The number of nitrogens with zero attached hydrogens (tertiary/aromatic N) is 2. The van der Waals surface area contributed by atoms with Crippen molar-refractivity contribution in [2.45, 2.75) is 26.0 Å². The molecule has 0 aliphatic carbocycles. The standard InChI is InChI=1S/C26H23N3O4/c1-16-7-6-10-21(15-16)28-25(31)22-23(18-11-13-19(14-12-18)27-17(2)30)29(33-24(22)26(28)32)20-8-4-3-5-9-20/h3-15,22-24H,1-2H3,(H,27,30)/t22-,23+,24-/m1/s1. The maximum atomic E-state index is 13.6. The Labute approximate surface area is 191 Å². The molecule has 1 N–H and O–H groups in total. The molecule has 3 aromatic carbocycles. The number of benzene rings is 3. The predicted octanol–water partition coefficient (Wildman–Crippen LogP) is 4.00. The summed E-state index contributed by atoms with van der Waals surface area (Å²) in [4.78, 5) is 45.7. The van der Waals surface area contributed by atoms with E-state index in [-0.39, 0.29) is 17.7 Å². The van der Waals surface area contributed by atoms with E-state index < -0.39 is 18.1 Å². The maximum Gasteiger partial charge on any atom is 0.266 e. The number of amides is 3. The van der Waals surface area contributed by atoms with Gasteiger partial charge in [0.15, 0.2) is 6.10 Å². The van der Waals surface area contributed by atoms with Crippen molar-refractivity contribution in [2.24, 2.45) is 5.92 Å². The first kappa shape index (κ1) is 20.9. The lowest BCUT2D eigenvalue weighted by atomic mass is 9.90. The fourth-order valence-electron chi connectivity index (χ4n) is 4.54. The van der Waals surface area contributed by atoms with Crippen molar-refractivity contribution < 1.29 is 19.2 Å². The zero-order valence-electron chi connectivity index (χ0n) is 18.3. The third-order valence-corrected chi connectivity index (χ3v) is 5.96. The van der Waals surface area contributed by atoms with Crippen LogP contribution in [0, 0.1) is 12.8 Å². The molecule has 2 heterocycles. The minimum Gasteiger partial charge on any atom is -0.326 e. The molecule has 3 atom stereocenters. The van der Waals surface area contributed by atoms with E-state index in [0.29, 0.717) is 11.4 Å². The summed E-state index contributed by atoms with van der Waals surface area (Å²) >= 11 is 0. The highest BCUT2D eigenvalue weighted by Gasteiger charge is 2.60. The van der Waals surface area contributed by atoms with E-state index in [2.05, 4.69) is 5.32 Å². The van der Waals surface area contributed by atoms with E-state index in [0.717, 1.165) is 16.8 Å². The Kier molecular flexibility index (Phi) is 5.18. The zero-order valence-corrected chi connectivity index (χ0v) is 18.3. The minimum absolute atomic E-state index is 0.164. The third-order valence-electron chi connectivity index (χ3n) is 5.96. The summed E-state index contributed by atoms with van der Waals surface area (Å²) in [5.74, 6) is -1.52. The van der Waals surface area contributed by atoms with E-state index in [9.17, 15) is 14.4 Å². The number of hydrogen-bond donors (Lipinski definition) is 1. The second-order valence-electron chi connectivity index (χ2n) is 8.31. The van der Waals surface area contributed by atoms with Crippen LogP contribution in [0.3, 0.4) is 0 Å². The molecule has 0 aromatic heterocycles. The lowest BCUT2D eigenvalue weighted by molar-refractivity contribution is -0.126. The minimum atomic E-state index is -0.918. The molecule has 0 radical (unpaired) electrons. The van der Waals surface area contributed by atoms with Crippen LogP contribution in [0.1, 0.15) is 24.1 Å². The van der Waals surface area contributed by atoms with E-state index in [1.807, 2.05) is 67.6 Å². The summed E-state index contributed by atoms with van der Waals surface area (Å²) in [6, 6.07) is 23.5. The van der Waals surface area contributed by atoms with Crippen molar-refractivity contribution in [1.29, 1.82) is 0 Å². The highest BCUT2D eigenvalue weighted by molar-refractivity contribution is 6.24. The van der Waals surface area contributed by atoms with Gasteiger partial charge < -0.3 is 5.32 Å². The van der Waals surface area contributed by atoms with E-state index in [4.69, 9.17) is 4.84 Å². The van der Waals surface area contributed by atoms with E-state index in [1.165, 1.54) is 11.8 Å². The number of para-hydroxylation sites is 1. The molecular formula is C26H23N3O4. The number of anilines is 3. The van der Waals surface area contributed by atoms with Gasteiger partial charge in [0, 0.05) is 12.6 Å². The molecule has 2 fully saturated rings. The van der Waals surface area contributed by atoms with Gasteiger partial charge in [0.25, 0.3) is 5.91 Å². The van der Waals surface area contributed by atoms with Crippen molar-refractivity contribution >= 4 is 34.8 Å². The average Bonchev–Trinajstić information content (AvgIpc) is 3.31. The van der Waals surface area contributed by atoms with Gasteiger partial charge >= 0.3 is 0 Å². The van der Waals surface area contributed by atoms with Gasteiger partial charge in [0.05, 0.1) is 17.4 Å². The quantitative estimate of drug-likeness (QED) is 0.619. The molecule has 5 rings (SSSR count). The molecule has 2 aliphatic rings. The van der Waals surface area contributed by atoms with Crippen LogP contribution in [0.5, 0.6) is 0 Å². The zero-order chi connectivity index (χ0) is 23.1. The Morgan fingerprint density at radius 3 is 2.24 bits per heavy atom. The van der Waals surface area contributed by atoms with Crippen LogP contribution in [0.2, 0.25) is 0 Å². The Bertz CT molecular complexity index is 1230. The van der Waals surface area contributed by atoms with Crippen LogP contribution in [-0.4, -0.2) is 23.8 Å². The van der Waals surface area contributed by atoms with Gasteiger partial charge in [0.2, 0.25) is 11.8 Å².